The minimum absolute atomic E-state index is 0.546. The number of hydrogen-bond donors (Lipinski definition) is 0. The molecule has 3 fully saturated rings. The van der Waals surface area contributed by atoms with Crippen LogP contribution in [-0.2, 0) is 5.41 Å². The number of pyridine rings is 1. The summed E-state index contributed by atoms with van der Waals surface area (Å²) >= 11 is 0. The van der Waals surface area contributed by atoms with Crippen molar-refractivity contribution in [2.24, 2.45) is 11.8 Å². The van der Waals surface area contributed by atoms with Gasteiger partial charge < -0.3 is 9.32 Å². The van der Waals surface area contributed by atoms with E-state index in [2.05, 4.69) is 57.6 Å². The first kappa shape index (κ1) is 19.4. The normalized spacial score (nSPS) is 23.8. The lowest BCUT2D eigenvalue weighted by molar-refractivity contribution is 0.228. The lowest BCUT2D eigenvalue weighted by Gasteiger charge is -2.33. The molecule has 6 rings (SSSR count). The monoisotopic (exact) mass is 402 g/mol. The summed E-state index contributed by atoms with van der Waals surface area (Å²) in [5.74, 6) is 2.95. The van der Waals surface area contributed by atoms with E-state index in [-0.39, 0.29) is 0 Å². The van der Waals surface area contributed by atoms with Gasteiger partial charge in [0.15, 0.2) is 0 Å². The zero-order valence-corrected chi connectivity index (χ0v) is 17.7. The Morgan fingerprint density at radius 1 is 0.933 bits per heavy atom. The van der Waals surface area contributed by atoms with E-state index in [9.17, 15) is 0 Å². The zero-order chi connectivity index (χ0) is 20.4. The van der Waals surface area contributed by atoms with Gasteiger partial charge in [0.25, 0.3) is 0 Å². The minimum atomic E-state index is -0.546. The molecule has 156 valence electrons. The number of rotatable bonds is 6. The Kier molecular flexibility index (Phi) is 5.38. The fraction of sp³-hybridized carbons (Fsp3) is 0.480. The van der Waals surface area contributed by atoms with E-state index in [4.69, 9.17) is 9.40 Å². The van der Waals surface area contributed by atoms with Gasteiger partial charge in [-0.15, -0.1) is 10.2 Å². The van der Waals surface area contributed by atoms with Crippen LogP contribution >= 0.6 is 0 Å². The van der Waals surface area contributed by atoms with Crippen LogP contribution in [0.25, 0.3) is 0 Å². The van der Waals surface area contributed by atoms with Crippen LogP contribution in [0.1, 0.15) is 55.1 Å². The van der Waals surface area contributed by atoms with Crippen molar-refractivity contribution in [3.05, 3.63) is 77.8 Å². The molecule has 3 aromatic rings. The number of benzene rings is 1. The predicted molar refractivity (Wildman–Crippen MR) is 116 cm³/mol. The van der Waals surface area contributed by atoms with Gasteiger partial charge in [-0.3, -0.25) is 4.98 Å². The first-order valence-electron chi connectivity index (χ1n) is 11.2. The molecule has 0 spiro atoms. The number of hydrogen-bond acceptors (Lipinski definition) is 5. The Bertz CT molecular complexity index is 894. The van der Waals surface area contributed by atoms with E-state index >= 15 is 0 Å². The lowest BCUT2D eigenvalue weighted by Crippen LogP contribution is -2.38. The van der Waals surface area contributed by atoms with Gasteiger partial charge in [0.2, 0.25) is 11.8 Å². The van der Waals surface area contributed by atoms with E-state index in [0.29, 0.717) is 11.8 Å². The minimum Gasteiger partial charge on any atom is -0.424 e. The number of nitrogens with zero attached hydrogens (tertiary/aromatic N) is 4. The fourth-order valence-corrected chi connectivity index (χ4v) is 5.48. The molecule has 2 bridgehead atoms. The summed E-state index contributed by atoms with van der Waals surface area (Å²) in [6, 6.07) is 16.7. The molecule has 5 heteroatoms. The molecule has 1 saturated carbocycles. The Labute approximate surface area is 178 Å². The van der Waals surface area contributed by atoms with Gasteiger partial charge in [0.1, 0.15) is 5.41 Å². The molecule has 2 aromatic heterocycles. The highest BCUT2D eigenvalue weighted by Gasteiger charge is 2.43. The molecule has 0 amide bonds. The van der Waals surface area contributed by atoms with E-state index < -0.39 is 5.41 Å². The highest BCUT2D eigenvalue weighted by Crippen LogP contribution is 2.41. The molecule has 5 nitrogen and oxygen atoms in total. The summed E-state index contributed by atoms with van der Waals surface area (Å²) in [5.41, 5.74) is 1.58. The van der Waals surface area contributed by atoms with E-state index in [1.807, 2.05) is 19.2 Å². The van der Waals surface area contributed by atoms with Gasteiger partial charge in [-0.05, 0) is 68.2 Å². The molecule has 1 aromatic carbocycles. The molecule has 1 aliphatic carbocycles. The third-order valence-electron chi connectivity index (χ3n) is 7.06. The summed E-state index contributed by atoms with van der Waals surface area (Å²) in [5, 5.41) is 8.71. The summed E-state index contributed by atoms with van der Waals surface area (Å²) in [6.45, 7) is 5.29. The lowest BCUT2D eigenvalue weighted by atomic mass is 9.74. The number of aryl methyl sites for hydroxylation is 1. The summed E-state index contributed by atoms with van der Waals surface area (Å²) < 4.78 is 6.10. The second kappa shape index (κ2) is 8.31. The average Bonchev–Trinajstić information content (AvgIpc) is 3.02. The third kappa shape index (κ3) is 3.67. The molecule has 2 saturated heterocycles. The van der Waals surface area contributed by atoms with Crippen LogP contribution in [0.2, 0.25) is 0 Å². The van der Waals surface area contributed by atoms with Crippen molar-refractivity contribution in [1.82, 2.24) is 20.1 Å². The Morgan fingerprint density at radius 2 is 1.63 bits per heavy atom. The standard InChI is InChI=1S/C25H30N4O/c1-19-27-28-24(30-19)25(22-7-3-2-4-8-22,23-9-5-6-15-26-23)14-16-29-17-20-10-11-21(18-29)13-12-20/h2-9,15,20-21H,10-14,16-18H2,1H3. The van der Waals surface area contributed by atoms with Crippen molar-refractivity contribution in [1.29, 1.82) is 0 Å². The van der Waals surface area contributed by atoms with Crippen LogP contribution in [0.3, 0.4) is 0 Å². The molecule has 1 unspecified atom stereocenters. The van der Waals surface area contributed by atoms with Gasteiger partial charge in [0, 0.05) is 26.2 Å². The maximum Gasteiger partial charge on any atom is 0.233 e. The summed E-state index contributed by atoms with van der Waals surface area (Å²) in [4.78, 5) is 7.47. The molecular weight excluding hydrogens is 372 g/mol. The first-order valence-corrected chi connectivity index (χ1v) is 11.2. The predicted octanol–water partition coefficient (Wildman–Crippen LogP) is 4.62. The zero-order valence-electron chi connectivity index (χ0n) is 17.7. The van der Waals surface area contributed by atoms with Crippen LogP contribution in [-0.4, -0.2) is 39.7 Å². The van der Waals surface area contributed by atoms with E-state index in [1.54, 1.807) is 0 Å². The fourth-order valence-electron chi connectivity index (χ4n) is 5.48. The van der Waals surface area contributed by atoms with Gasteiger partial charge in [-0.25, -0.2) is 0 Å². The molecule has 3 aliphatic rings. The summed E-state index contributed by atoms with van der Waals surface area (Å²) in [6.07, 6.45) is 8.32. The molecule has 2 aliphatic heterocycles. The quantitative estimate of drug-likeness (QED) is 0.602. The Hall–Kier alpha value is -2.53. The van der Waals surface area contributed by atoms with Crippen molar-refractivity contribution >= 4 is 0 Å². The van der Waals surface area contributed by atoms with Crippen LogP contribution in [0.15, 0.2) is 59.1 Å². The van der Waals surface area contributed by atoms with Crippen LogP contribution in [0, 0.1) is 18.8 Å². The maximum absolute atomic E-state index is 6.10. The van der Waals surface area contributed by atoms with Crippen molar-refractivity contribution in [2.75, 3.05) is 19.6 Å². The summed E-state index contributed by atoms with van der Waals surface area (Å²) in [7, 11) is 0. The van der Waals surface area contributed by atoms with Gasteiger partial charge >= 0.3 is 0 Å². The van der Waals surface area contributed by atoms with E-state index in [0.717, 1.165) is 36.1 Å². The van der Waals surface area contributed by atoms with Crippen LogP contribution < -0.4 is 0 Å². The van der Waals surface area contributed by atoms with Crippen molar-refractivity contribution in [2.45, 2.75) is 44.4 Å². The topological polar surface area (TPSA) is 55.1 Å². The molecular formula is C25H30N4O. The van der Waals surface area contributed by atoms with Crippen molar-refractivity contribution < 1.29 is 4.42 Å². The number of aromatic nitrogens is 3. The molecule has 1 atom stereocenters. The highest BCUT2D eigenvalue weighted by molar-refractivity contribution is 5.42. The largest absolute Gasteiger partial charge is 0.424 e. The van der Waals surface area contributed by atoms with Gasteiger partial charge in [-0.1, -0.05) is 36.4 Å². The van der Waals surface area contributed by atoms with Gasteiger partial charge in [-0.2, -0.15) is 0 Å². The average molecular weight is 403 g/mol. The first-order chi connectivity index (χ1) is 14.7. The number of fused-ring (bicyclic) bond motifs is 4. The van der Waals surface area contributed by atoms with Crippen LogP contribution in [0.5, 0.6) is 0 Å². The van der Waals surface area contributed by atoms with Crippen molar-refractivity contribution in [3.8, 4) is 0 Å². The Morgan fingerprint density at radius 3 is 2.23 bits per heavy atom. The third-order valence-corrected chi connectivity index (χ3v) is 7.06. The van der Waals surface area contributed by atoms with Crippen LogP contribution in [0.4, 0.5) is 0 Å². The van der Waals surface area contributed by atoms with E-state index in [1.165, 1.54) is 38.8 Å². The molecule has 0 radical (unpaired) electrons. The second-order valence-electron chi connectivity index (χ2n) is 9.01. The second-order valence-corrected chi connectivity index (χ2v) is 9.01. The molecule has 0 N–H and O–H groups in total. The SMILES string of the molecule is Cc1nnc(C(CCN2CC3CCC(CC3)C2)(c2ccccc2)c2ccccn2)o1. The molecule has 30 heavy (non-hydrogen) atoms. The smallest absolute Gasteiger partial charge is 0.233 e. The highest BCUT2D eigenvalue weighted by atomic mass is 16.4. The van der Waals surface area contributed by atoms with Gasteiger partial charge in [0.05, 0.1) is 5.69 Å². The van der Waals surface area contributed by atoms with Crippen molar-refractivity contribution in [3.63, 3.8) is 0 Å². The Balaban J connectivity index is 1.55. The molecule has 4 heterocycles. The maximum atomic E-state index is 6.10.